The molecule has 36 heavy (non-hydrogen) atoms. The van der Waals surface area contributed by atoms with Crippen LogP contribution >= 0.6 is 0 Å². The first kappa shape index (κ1) is 23.9. The third-order valence-electron chi connectivity index (χ3n) is 7.30. The highest BCUT2D eigenvalue weighted by molar-refractivity contribution is 6.45. The number of hydrogen-bond donors (Lipinski definition) is 0. The van der Waals surface area contributed by atoms with Gasteiger partial charge in [0.1, 0.15) is 11.4 Å². The second-order valence-electron chi connectivity index (χ2n) is 9.58. The van der Waals surface area contributed by atoms with Gasteiger partial charge in [-0.25, -0.2) is 9.07 Å². The molecule has 186 valence electrons. The first-order valence-corrected chi connectivity index (χ1v) is 12.5. The Morgan fingerprint density at radius 2 is 1.72 bits per heavy atom. The molecule has 0 radical (unpaired) electrons. The summed E-state index contributed by atoms with van der Waals surface area (Å²) in [6, 6.07) is 7.15. The fourth-order valence-corrected chi connectivity index (χ4v) is 5.19. The van der Waals surface area contributed by atoms with E-state index in [1.807, 2.05) is 33.0 Å². The first-order valence-electron chi connectivity index (χ1n) is 12.5. The zero-order valence-corrected chi connectivity index (χ0v) is 20.8. The number of rotatable bonds is 5. The molecule has 5 rings (SSSR count). The summed E-state index contributed by atoms with van der Waals surface area (Å²) in [5.41, 5.74) is 3.24. The predicted molar refractivity (Wildman–Crippen MR) is 130 cm³/mol. The summed E-state index contributed by atoms with van der Waals surface area (Å²) in [6.45, 7) is 5.77. The SMILES string of the molecule is CCc1nn(-c2ccc(F)cc2)c([O-])c1C1=C([n+]2ccc(C)c(C)c2)C(=O)N(C2CCCCC2)C1=O. The number of carbonyl (C=O) groups is 2. The molecule has 1 saturated carbocycles. The quantitative estimate of drug-likeness (QED) is 0.406. The number of benzene rings is 1. The van der Waals surface area contributed by atoms with Crippen molar-refractivity contribution < 1.29 is 23.7 Å². The molecule has 0 spiro atoms. The van der Waals surface area contributed by atoms with Crippen molar-refractivity contribution in [1.82, 2.24) is 14.7 Å². The fourth-order valence-electron chi connectivity index (χ4n) is 5.19. The lowest BCUT2D eigenvalue weighted by molar-refractivity contribution is -0.577. The molecule has 0 atom stereocenters. The number of aromatic nitrogens is 3. The molecule has 2 amide bonds. The average molecular weight is 489 g/mol. The summed E-state index contributed by atoms with van der Waals surface area (Å²) >= 11 is 0. The lowest BCUT2D eigenvalue weighted by atomic mass is 9.94. The molecule has 3 aromatic rings. The van der Waals surface area contributed by atoms with Gasteiger partial charge in [-0.15, -0.1) is 0 Å². The van der Waals surface area contributed by atoms with Gasteiger partial charge in [-0.1, -0.05) is 26.2 Å². The van der Waals surface area contributed by atoms with Crippen LogP contribution in [-0.2, 0) is 16.0 Å². The number of nitrogens with zero attached hydrogens (tertiary/aromatic N) is 4. The lowest BCUT2D eigenvalue weighted by Gasteiger charge is -2.29. The third kappa shape index (κ3) is 3.90. The Hall–Kier alpha value is -3.81. The lowest BCUT2D eigenvalue weighted by Crippen LogP contribution is -2.45. The maximum absolute atomic E-state index is 14.0. The van der Waals surface area contributed by atoms with Crippen LogP contribution in [0.3, 0.4) is 0 Å². The van der Waals surface area contributed by atoms with Gasteiger partial charge in [0.2, 0.25) is 0 Å². The Morgan fingerprint density at radius 3 is 2.36 bits per heavy atom. The number of hydrogen-bond acceptors (Lipinski definition) is 4. The zero-order valence-electron chi connectivity index (χ0n) is 20.8. The van der Waals surface area contributed by atoms with Crippen LogP contribution in [0.1, 0.15) is 61.4 Å². The van der Waals surface area contributed by atoms with Crippen molar-refractivity contribution in [2.45, 2.75) is 65.3 Å². The highest BCUT2D eigenvalue weighted by Gasteiger charge is 2.49. The smallest absolute Gasteiger partial charge is 0.327 e. The standard InChI is InChI=1S/C28H29FN4O3/c1-4-22-23(27(35)33(30-22)21-12-10-19(29)11-13-21)24-25(31-15-14-17(2)18(3)16-31)28(36)32(26(24)34)20-8-6-5-7-9-20/h10-16,20H,4-9H2,1-3H3. The van der Waals surface area contributed by atoms with Gasteiger partial charge in [0, 0.05) is 23.2 Å². The summed E-state index contributed by atoms with van der Waals surface area (Å²) < 4.78 is 16.4. The van der Waals surface area contributed by atoms with Gasteiger partial charge in [0.05, 0.1) is 11.4 Å². The molecule has 0 bridgehead atoms. The Bertz CT molecular complexity index is 1380. The highest BCUT2D eigenvalue weighted by atomic mass is 19.1. The van der Waals surface area contributed by atoms with E-state index in [4.69, 9.17) is 0 Å². The topological polar surface area (TPSA) is 82.1 Å². The number of aryl methyl sites for hydroxylation is 3. The fraction of sp³-hybridized carbons (Fsp3) is 0.357. The number of amides is 2. The molecule has 1 aromatic carbocycles. The van der Waals surface area contributed by atoms with Gasteiger partial charge in [0.15, 0.2) is 12.4 Å². The van der Waals surface area contributed by atoms with Gasteiger partial charge in [-0.3, -0.25) is 14.5 Å². The second kappa shape index (κ2) is 9.33. The first-order chi connectivity index (χ1) is 17.3. The Kier molecular flexibility index (Phi) is 6.20. The maximum Gasteiger partial charge on any atom is 0.327 e. The van der Waals surface area contributed by atoms with Crippen molar-refractivity contribution in [2.24, 2.45) is 0 Å². The summed E-state index contributed by atoms with van der Waals surface area (Å²) in [5, 5.41) is 18.2. The van der Waals surface area contributed by atoms with Crippen LogP contribution < -0.4 is 9.67 Å². The van der Waals surface area contributed by atoms with E-state index in [9.17, 15) is 19.1 Å². The number of carbonyl (C=O) groups excluding carboxylic acids is 2. The van der Waals surface area contributed by atoms with Crippen molar-refractivity contribution in [3.05, 3.63) is 70.9 Å². The van der Waals surface area contributed by atoms with Gasteiger partial charge in [0.25, 0.3) is 11.6 Å². The minimum atomic E-state index is -0.498. The van der Waals surface area contributed by atoms with Gasteiger partial charge in [-0.2, -0.15) is 9.67 Å². The summed E-state index contributed by atoms with van der Waals surface area (Å²) in [6.07, 6.45) is 8.48. The minimum absolute atomic E-state index is 0.0917. The van der Waals surface area contributed by atoms with Crippen LogP contribution in [0.2, 0.25) is 0 Å². The van der Waals surface area contributed by atoms with E-state index >= 15 is 0 Å². The van der Waals surface area contributed by atoms with Crippen LogP contribution in [0, 0.1) is 19.7 Å². The number of pyridine rings is 1. The molecule has 0 N–H and O–H groups in total. The largest absolute Gasteiger partial charge is 0.858 e. The summed E-state index contributed by atoms with van der Waals surface area (Å²) in [5.74, 6) is -1.75. The number of halogens is 1. The molecule has 8 heteroatoms. The predicted octanol–water partition coefficient (Wildman–Crippen LogP) is 3.62. The van der Waals surface area contributed by atoms with E-state index in [-0.39, 0.29) is 28.8 Å². The van der Waals surface area contributed by atoms with Crippen molar-refractivity contribution in [2.75, 3.05) is 0 Å². The molecule has 0 unspecified atom stereocenters. The monoisotopic (exact) mass is 488 g/mol. The van der Waals surface area contributed by atoms with Crippen molar-refractivity contribution >= 4 is 23.1 Å². The maximum atomic E-state index is 14.0. The van der Waals surface area contributed by atoms with E-state index in [0.717, 1.165) is 43.2 Å². The summed E-state index contributed by atoms with van der Waals surface area (Å²) in [4.78, 5) is 29.2. The molecule has 1 aliphatic heterocycles. The minimum Gasteiger partial charge on any atom is -0.858 e. The third-order valence-corrected chi connectivity index (χ3v) is 7.30. The van der Waals surface area contributed by atoms with E-state index in [1.54, 1.807) is 10.8 Å². The summed E-state index contributed by atoms with van der Waals surface area (Å²) in [7, 11) is 0. The Balaban J connectivity index is 1.73. The molecule has 0 saturated heterocycles. The normalized spacial score (nSPS) is 16.9. The molecule has 2 aliphatic rings. The molecular weight excluding hydrogens is 459 g/mol. The van der Waals surface area contributed by atoms with Gasteiger partial charge < -0.3 is 5.11 Å². The molecule has 7 nitrogen and oxygen atoms in total. The van der Waals surface area contributed by atoms with E-state index < -0.39 is 17.6 Å². The van der Waals surface area contributed by atoms with E-state index in [1.165, 1.54) is 33.8 Å². The van der Waals surface area contributed by atoms with Gasteiger partial charge in [-0.05, 0) is 68.8 Å². The van der Waals surface area contributed by atoms with Crippen molar-refractivity contribution in [3.8, 4) is 11.6 Å². The van der Waals surface area contributed by atoms with E-state index in [2.05, 4.69) is 5.10 Å². The number of imide groups is 1. The zero-order chi connectivity index (χ0) is 25.6. The van der Waals surface area contributed by atoms with E-state index in [0.29, 0.717) is 17.8 Å². The molecule has 1 aliphatic carbocycles. The Labute approximate surface area is 209 Å². The average Bonchev–Trinajstić information content (AvgIpc) is 3.33. The van der Waals surface area contributed by atoms with Crippen LogP contribution in [0.25, 0.3) is 17.0 Å². The molecule has 3 heterocycles. The van der Waals surface area contributed by atoms with Crippen LogP contribution in [0.4, 0.5) is 4.39 Å². The van der Waals surface area contributed by atoms with Crippen molar-refractivity contribution in [3.63, 3.8) is 0 Å². The molecule has 2 aromatic heterocycles. The second-order valence-corrected chi connectivity index (χ2v) is 9.58. The van der Waals surface area contributed by atoms with Crippen LogP contribution in [0.15, 0.2) is 42.7 Å². The highest BCUT2D eigenvalue weighted by Crippen LogP contribution is 2.39. The molecular formula is C28H29FN4O3. The van der Waals surface area contributed by atoms with Crippen LogP contribution in [-0.4, -0.2) is 32.5 Å². The van der Waals surface area contributed by atoms with Gasteiger partial charge >= 0.3 is 5.91 Å². The van der Waals surface area contributed by atoms with Crippen molar-refractivity contribution in [1.29, 1.82) is 0 Å². The molecule has 1 fully saturated rings. The Morgan fingerprint density at radius 1 is 1.03 bits per heavy atom. The van der Waals surface area contributed by atoms with Crippen LogP contribution in [0.5, 0.6) is 5.88 Å².